The maximum atomic E-state index is 9.28. The zero-order chi connectivity index (χ0) is 17.1. The fraction of sp³-hybridized carbons (Fsp3) is 0.350. The van der Waals surface area contributed by atoms with Gasteiger partial charge in [0.2, 0.25) is 0 Å². The van der Waals surface area contributed by atoms with Crippen LogP contribution < -0.4 is 14.4 Å². The number of piperazine rings is 1. The van der Waals surface area contributed by atoms with Crippen LogP contribution in [0.25, 0.3) is 0 Å². The topological polar surface area (TPSA) is 48.7 Å². The molecule has 0 radical (unpaired) electrons. The summed E-state index contributed by atoms with van der Waals surface area (Å²) < 4.78 is 11.9. The molecule has 0 bridgehead atoms. The van der Waals surface area contributed by atoms with Crippen molar-refractivity contribution in [3.63, 3.8) is 0 Å². The molecule has 0 aliphatic carbocycles. The van der Waals surface area contributed by atoms with Gasteiger partial charge in [0, 0.05) is 32.7 Å². The SMILES string of the molecule is N#Cc1ccccc1N1CCN(CC2COc3ccccc3O2)CC1. The average Bonchev–Trinajstić information content (AvgIpc) is 2.68. The molecule has 5 nitrogen and oxygen atoms in total. The molecule has 2 aromatic carbocycles. The van der Waals surface area contributed by atoms with Gasteiger partial charge in [0.1, 0.15) is 18.8 Å². The molecule has 2 aliphatic heterocycles. The number of nitrogens with zero attached hydrogens (tertiary/aromatic N) is 3. The summed E-state index contributed by atoms with van der Waals surface area (Å²) in [6, 6.07) is 17.9. The minimum atomic E-state index is 0.0628. The summed E-state index contributed by atoms with van der Waals surface area (Å²) in [7, 11) is 0. The van der Waals surface area contributed by atoms with E-state index < -0.39 is 0 Å². The number of hydrogen-bond acceptors (Lipinski definition) is 5. The van der Waals surface area contributed by atoms with Crippen molar-refractivity contribution in [3.8, 4) is 17.6 Å². The third kappa shape index (κ3) is 3.40. The van der Waals surface area contributed by atoms with E-state index in [1.807, 2.05) is 48.5 Å². The molecule has 1 saturated heterocycles. The standard InChI is InChI=1S/C20H21N3O2/c21-13-16-5-1-2-6-18(16)23-11-9-22(10-12-23)14-17-15-24-19-7-3-4-8-20(19)25-17/h1-8,17H,9-12,14-15H2. The first-order valence-corrected chi connectivity index (χ1v) is 8.68. The molecular formula is C20H21N3O2. The van der Waals surface area contributed by atoms with Crippen molar-refractivity contribution in [2.75, 3.05) is 44.2 Å². The average molecular weight is 335 g/mol. The lowest BCUT2D eigenvalue weighted by Crippen LogP contribution is -2.50. The Balaban J connectivity index is 1.33. The zero-order valence-corrected chi connectivity index (χ0v) is 14.1. The van der Waals surface area contributed by atoms with Gasteiger partial charge in [-0.1, -0.05) is 24.3 Å². The molecule has 0 spiro atoms. The molecule has 4 rings (SSSR count). The highest BCUT2D eigenvalue weighted by atomic mass is 16.6. The summed E-state index contributed by atoms with van der Waals surface area (Å²) in [5.41, 5.74) is 1.78. The Kier molecular flexibility index (Phi) is 4.45. The molecular weight excluding hydrogens is 314 g/mol. The van der Waals surface area contributed by atoms with Crippen LogP contribution in [-0.4, -0.2) is 50.3 Å². The quantitative estimate of drug-likeness (QED) is 0.863. The van der Waals surface area contributed by atoms with Gasteiger partial charge in [0.15, 0.2) is 11.5 Å². The summed E-state index contributed by atoms with van der Waals surface area (Å²) in [5, 5.41) is 9.28. The third-order valence-corrected chi connectivity index (χ3v) is 4.77. The second-order valence-corrected chi connectivity index (χ2v) is 6.41. The number of hydrogen-bond donors (Lipinski definition) is 0. The van der Waals surface area contributed by atoms with E-state index in [0.717, 1.165) is 55.5 Å². The van der Waals surface area contributed by atoms with Crippen LogP contribution in [0.5, 0.6) is 11.5 Å². The number of benzene rings is 2. The predicted molar refractivity (Wildman–Crippen MR) is 96.2 cm³/mol. The Morgan fingerprint density at radius 1 is 0.960 bits per heavy atom. The van der Waals surface area contributed by atoms with Crippen LogP contribution in [0.3, 0.4) is 0 Å². The van der Waals surface area contributed by atoms with E-state index in [1.54, 1.807) is 0 Å². The largest absolute Gasteiger partial charge is 0.486 e. The molecule has 2 aliphatic rings. The zero-order valence-electron chi connectivity index (χ0n) is 14.1. The second-order valence-electron chi connectivity index (χ2n) is 6.41. The molecule has 0 N–H and O–H groups in total. The van der Waals surface area contributed by atoms with Gasteiger partial charge >= 0.3 is 0 Å². The van der Waals surface area contributed by atoms with E-state index in [-0.39, 0.29) is 6.10 Å². The van der Waals surface area contributed by atoms with Gasteiger partial charge in [0.25, 0.3) is 0 Å². The Morgan fingerprint density at radius 3 is 2.48 bits per heavy atom. The van der Waals surface area contributed by atoms with E-state index >= 15 is 0 Å². The van der Waals surface area contributed by atoms with Gasteiger partial charge in [-0.05, 0) is 24.3 Å². The first kappa shape index (κ1) is 15.8. The lowest BCUT2D eigenvalue weighted by atomic mass is 10.1. The number of ether oxygens (including phenoxy) is 2. The molecule has 0 aromatic heterocycles. The molecule has 2 aromatic rings. The van der Waals surface area contributed by atoms with Gasteiger partial charge in [-0.2, -0.15) is 5.26 Å². The van der Waals surface area contributed by atoms with Crippen molar-refractivity contribution in [2.45, 2.75) is 6.10 Å². The maximum absolute atomic E-state index is 9.28. The van der Waals surface area contributed by atoms with Gasteiger partial charge in [-0.15, -0.1) is 0 Å². The summed E-state index contributed by atoms with van der Waals surface area (Å²) in [4.78, 5) is 4.70. The maximum Gasteiger partial charge on any atom is 0.161 e. The highest BCUT2D eigenvalue weighted by molar-refractivity contribution is 5.59. The number of nitriles is 1. The molecule has 25 heavy (non-hydrogen) atoms. The van der Waals surface area contributed by atoms with Crippen LogP contribution in [0.2, 0.25) is 0 Å². The van der Waals surface area contributed by atoms with Gasteiger partial charge in [-0.3, -0.25) is 4.90 Å². The number of para-hydroxylation sites is 3. The van der Waals surface area contributed by atoms with E-state index in [2.05, 4.69) is 15.9 Å². The van der Waals surface area contributed by atoms with Crippen LogP contribution >= 0.6 is 0 Å². The molecule has 0 amide bonds. The fourth-order valence-corrected chi connectivity index (χ4v) is 3.46. The van der Waals surface area contributed by atoms with Crippen LogP contribution in [0, 0.1) is 11.3 Å². The lowest BCUT2D eigenvalue weighted by molar-refractivity contribution is 0.0571. The number of fused-ring (bicyclic) bond motifs is 1. The van der Waals surface area contributed by atoms with Crippen LogP contribution in [-0.2, 0) is 0 Å². The highest BCUT2D eigenvalue weighted by Gasteiger charge is 2.25. The lowest BCUT2D eigenvalue weighted by Gasteiger charge is -2.38. The molecule has 0 saturated carbocycles. The Bertz CT molecular complexity index is 779. The van der Waals surface area contributed by atoms with Crippen LogP contribution in [0.1, 0.15) is 5.56 Å². The van der Waals surface area contributed by atoms with Gasteiger partial charge in [0.05, 0.1) is 11.3 Å². The Morgan fingerprint density at radius 2 is 1.68 bits per heavy atom. The molecule has 2 heterocycles. The smallest absolute Gasteiger partial charge is 0.161 e. The van der Waals surface area contributed by atoms with Crippen molar-refractivity contribution < 1.29 is 9.47 Å². The second kappa shape index (κ2) is 7.04. The summed E-state index contributed by atoms with van der Waals surface area (Å²) in [6.45, 7) is 5.21. The van der Waals surface area contributed by atoms with Crippen molar-refractivity contribution in [3.05, 3.63) is 54.1 Å². The summed E-state index contributed by atoms with van der Waals surface area (Å²) in [6.07, 6.45) is 0.0628. The first-order valence-electron chi connectivity index (χ1n) is 8.68. The van der Waals surface area contributed by atoms with E-state index in [0.29, 0.717) is 6.61 Å². The summed E-state index contributed by atoms with van der Waals surface area (Å²) >= 11 is 0. The van der Waals surface area contributed by atoms with E-state index in [9.17, 15) is 5.26 Å². The van der Waals surface area contributed by atoms with Crippen molar-refractivity contribution in [1.29, 1.82) is 5.26 Å². The molecule has 1 unspecified atom stereocenters. The fourth-order valence-electron chi connectivity index (χ4n) is 3.46. The molecule has 1 atom stereocenters. The van der Waals surface area contributed by atoms with E-state index in [1.165, 1.54) is 0 Å². The van der Waals surface area contributed by atoms with Crippen molar-refractivity contribution >= 4 is 5.69 Å². The van der Waals surface area contributed by atoms with Crippen LogP contribution in [0.15, 0.2) is 48.5 Å². The van der Waals surface area contributed by atoms with Crippen molar-refractivity contribution in [1.82, 2.24) is 4.90 Å². The minimum absolute atomic E-state index is 0.0628. The normalized spacial score (nSPS) is 20.1. The number of anilines is 1. The molecule has 5 heteroatoms. The molecule has 1 fully saturated rings. The van der Waals surface area contributed by atoms with Gasteiger partial charge in [-0.25, -0.2) is 0 Å². The van der Waals surface area contributed by atoms with E-state index in [4.69, 9.17) is 9.47 Å². The minimum Gasteiger partial charge on any atom is -0.486 e. The van der Waals surface area contributed by atoms with Gasteiger partial charge < -0.3 is 14.4 Å². The predicted octanol–water partition coefficient (Wildman–Crippen LogP) is 2.52. The number of rotatable bonds is 3. The monoisotopic (exact) mass is 335 g/mol. The Labute approximate surface area is 148 Å². The first-order chi connectivity index (χ1) is 12.3. The summed E-state index contributed by atoms with van der Waals surface area (Å²) in [5.74, 6) is 1.66. The molecule has 128 valence electrons. The van der Waals surface area contributed by atoms with Crippen LogP contribution in [0.4, 0.5) is 5.69 Å². The van der Waals surface area contributed by atoms with Crippen molar-refractivity contribution in [2.24, 2.45) is 0 Å². The highest BCUT2D eigenvalue weighted by Crippen LogP contribution is 2.31. The third-order valence-electron chi connectivity index (χ3n) is 4.77. The Hall–Kier alpha value is -2.71.